The Morgan fingerprint density at radius 3 is 2.68 bits per heavy atom. The smallest absolute Gasteiger partial charge is 0.252 e. The molecule has 2 atom stereocenters. The van der Waals surface area contributed by atoms with E-state index in [1.54, 1.807) is 18.2 Å². The molecule has 0 bridgehead atoms. The van der Waals surface area contributed by atoms with Crippen molar-refractivity contribution >= 4 is 21.6 Å². The maximum absolute atomic E-state index is 11.8. The number of hydrogen-bond acceptors (Lipinski definition) is 5. The van der Waals surface area contributed by atoms with Gasteiger partial charge in [-0.05, 0) is 35.4 Å². The van der Waals surface area contributed by atoms with E-state index in [1.165, 1.54) is 0 Å². The van der Waals surface area contributed by atoms with E-state index < -0.39 is 10.0 Å². The molecule has 0 aromatic heterocycles. The third-order valence-electron chi connectivity index (χ3n) is 5.21. The molecular formula is C20H23N3O4S. The van der Waals surface area contributed by atoms with Crippen LogP contribution in [0.2, 0.25) is 0 Å². The second-order valence-corrected chi connectivity index (χ2v) is 9.08. The molecule has 3 N–H and O–H groups in total. The summed E-state index contributed by atoms with van der Waals surface area (Å²) >= 11 is 0. The number of ether oxygens (including phenoxy) is 1. The van der Waals surface area contributed by atoms with Gasteiger partial charge in [-0.3, -0.25) is 9.52 Å². The molecule has 2 aromatic rings. The number of carbonyl (C=O) groups excluding carboxylic acids is 1. The average Bonchev–Trinajstić information content (AvgIpc) is 3.26. The summed E-state index contributed by atoms with van der Waals surface area (Å²) in [6, 6.07) is 13.1. The highest BCUT2D eigenvalue weighted by molar-refractivity contribution is 7.92. The summed E-state index contributed by atoms with van der Waals surface area (Å²) in [6.45, 7) is 2.81. The van der Waals surface area contributed by atoms with Crippen LogP contribution in [0.15, 0.2) is 42.5 Å². The average molecular weight is 401 g/mol. The number of rotatable bonds is 6. The molecule has 2 aliphatic heterocycles. The fourth-order valence-electron chi connectivity index (χ4n) is 3.80. The molecule has 1 saturated heterocycles. The van der Waals surface area contributed by atoms with Gasteiger partial charge in [0.05, 0.1) is 12.9 Å². The van der Waals surface area contributed by atoms with Crippen LogP contribution in [0.3, 0.4) is 0 Å². The molecule has 1 fully saturated rings. The predicted molar refractivity (Wildman–Crippen MR) is 107 cm³/mol. The zero-order chi connectivity index (χ0) is 19.7. The molecule has 148 valence electrons. The van der Waals surface area contributed by atoms with Crippen molar-refractivity contribution in [2.24, 2.45) is 5.92 Å². The van der Waals surface area contributed by atoms with Crippen molar-refractivity contribution in [1.82, 2.24) is 10.6 Å². The highest BCUT2D eigenvalue weighted by Gasteiger charge is 2.29. The first-order valence-corrected chi connectivity index (χ1v) is 11.1. The van der Waals surface area contributed by atoms with Crippen molar-refractivity contribution in [3.05, 3.63) is 59.2 Å². The number of amides is 1. The molecule has 1 amide bonds. The first-order valence-electron chi connectivity index (χ1n) is 9.21. The summed E-state index contributed by atoms with van der Waals surface area (Å²) in [6.07, 6.45) is 1.14. The van der Waals surface area contributed by atoms with Crippen molar-refractivity contribution in [1.29, 1.82) is 0 Å². The number of carbonyl (C=O) groups is 1. The molecule has 2 heterocycles. The van der Waals surface area contributed by atoms with E-state index in [-0.39, 0.29) is 17.7 Å². The Morgan fingerprint density at radius 1 is 1.14 bits per heavy atom. The van der Waals surface area contributed by atoms with E-state index in [0.29, 0.717) is 30.2 Å². The molecule has 8 heteroatoms. The number of hydrogen-bond donors (Lipinski definition) is 3. The Bertz CT molecular complexity index is 989. The fourth-order valence-corrected chi connectivity index (χ4v) is 4.36. The number of sulfonamides is 1. The first-order chi connectivity index (χ1) is 13.4. The predicted octanol–water partition coefficient (Wildman–Crippen LogP) is 1.68. The second kappa shape index (κ2) is 7.44. The zero-order valence-electron chi connectivity index (χ0n) is 15.6. The van der Waals surface area contributed by atoms with Crippen molar-refractivity contribution in [2.45, 2.75) is 12.5 Å². The number of anilines is 1. The SMILES string of the molecule is CS(=O)(=O)Nc1ccc(C2CNCC2COc2ccc3c(c2)C(=O)NC3)cc1. The minimum absolute atomic E-state index is 0.0522. The number of fused-ring (bicyclic) bond motifs is 1. The van der Waals surface area contributed by atoms with Crippen LogP contribution in [0.25, 0.3) is 0 Å². The lowest BCUT2D eigenvalue weighted by Crippen LogP contribution is -2.19. The van der Waals surface area contributed by atoms with Crippen molar-refractivity contribution in [3.63, 3.8) is 0 Å². The standard InChI is InChI=1S/C20H23N3O4S/c1-28(25,26)23-16-5-2-13(3-6-16)19-11-21-9-15(19)12-27-17-7-4-14-10-22-20(24)18(14)8-17/h2-8,15,19,21,23H,9-12H2,1H3,(H,22,24). The summed E-state index contributed by atoms with van der Waals surface area (Å²) in [7, 11) is -3.28. The van der Waals surface area contributed by atoms with Crippen LogP contribution >= 0.6 is 0 Å². The molecule has 28 heavy (non-hydrogen) atoms. The van der Waals surface area contributed by atoms with Gasteiger partial charge in [-0.1, -0.05) is 18.2 Å². The van der Waals surface area contributed by atoms with Gasteiger partial charge in [0.25, 0.3) is 5.91 Å². The molecule has 0 saturated carbocycles. The molecule has 0 spiro atoms. The van der Waals surface area contributed by atoms with Crippen LogP contribution < -0.4 is 20.1 Å². The van der Waals surface area contributed by atoms with E-state index >= 15 is 0 Å². The van der Waals surface area contributed by atoms with Crippen molar-refractivity contribution < 1.29 is 17.9 Å². The van der Waals surface area contributed by atoms with Crippen molar-refractivity contribution in [2.75, 3.05) is 30.7 Å². The Balaban J connectivity index is 1.41. The molecule has 0 radical (unpaired) electrons. The monoisotopic (exact) mass is 401 g/mol. The second-order valence-electron chi connectivity index (χ2n) is 7.33. The lowest BCUT2D eigenvalue weighted by molar-refractivity contribution is 0.0965. The van der Waals surface area contributed by atoms with Crippen LogP contribution in [0.1, 0.15) is 27.4 Å². The van der Waals surface area contributed by atoms with E-state index in [1.807, 2.05) is 24.3 Å². The summed E-state index contributed by atoms with van der Waals surface area (Å²) in [5, 5.41) is 6.21. The van der Waals surface area contributed by atoms with Gasteiger partial charge in [0, 0.05) is 42.7 Å². The van der Waals surface area contributed by atoms with Gasteiger partial charge in [-0.25, -0.2) is 8.42 Å². The van der Waals surface area contributed by atoms with Gasteiger partial charge in [-0.2, -0.15) is 0 Å². The first kappa shape index (κ1) is 18.8. The quantitative estimate of drug-likeness (QED) is 0.684. The normalized spacial score (nSPS) is 21.2. The van der Waals surface area contributed by atoms with E-state index in [0.717, 1.165) is 30.5 Å². The van der Waals surface area contributed by atoms with Gasteiger partial charge < -0.3 is 15.4 Å². The van der Waals surface area contributed by atoms with Gasteiger partial charge in [0.1, 0.15) is 5.75 Å². The van der Waals surface area contributed by atoms with E-state index in [9.17, 15) is 13.2 Å². The topological polar surface area (TPSA) is 96.5 Å². The maximum atomic E-state index is 11.8. The fraction of sp³-hybridized carbons (Fsp3) is 0.350. The van der Waals surface area contributed by atoms with Gasteiger partial charge >= 0.3 is 0 Å². The lowest BCUT2D eigenvalue weighted by Gasteiger charge is -2.20. The highest BCUT2D eigenvalue weighted by Crippen LogP contribution is 2.30. The Hall–Kier alpha value is -2.58. The van der Waals surface area contributed by atoms with Crippen LogP contribution in [0.5, 0.6) is 5.75 Å². The number of benzene rings is 2. The van der Waals surface area contributed by atoms with E-state index in [4.69, 9.17) is 4.74 Å². The Labute approximate surface area is 164 Å². The Kier molecular flexibility index (Phi) is 4.99. The van der Waals surface area contributed by atoms with Crippen LogP contribution in [0, 0.1) is 5.92 Å². The third kappa shape index (κ3) is 4.13. The van der Waals surface area contributed by atoms with Gasteiger partial charge in [-0.15, -0.1) is 0 Å². The maximum Gasteiger partial charge on any atom is 0.252 e. The lowest BCUT2D eigenvalue weighted by atomic mass is 9.89. The Morgan fingerprint density at radius 2 is 1.93 bits per heavy atom. The third-order valence-corrected chi connectivity index (χ3v) is 5.82. The summed E-state index contributed by atoms with van der Waals surface area (Å²) in [5.41, 5.74) is 3.39. The van der Waals surface area contributed by atoms with E-state index in [2.05, 4.69) is 15.4 Å². The molecule has 7 nitrogen and oxygen atoms in total. The molecule has 2 aromatic carbocycles. The summed E-state index contributed by atoms with van der Waals surface area (Å²) in [4.78, 5) is 11.8. The van der Waals surface area contributed by atoms with Crippen LogP contribution in [-0.4, -0.2) is 40.3 Å². The van der Waals surface area contributed by atoms with Gasteiger partial charge in [0.2, 0.25) is 10.0 Å². The minimum atomic E-state index is -3.28. The highest BCUT2D eigenvalue weighted by atomic mass is 32.2. The van der Waals surface area contributed by atoms with Crippen LogP contribution in [0.4, 0.5) is 5.69 Å². The zero-order valence-corrected chi connectivity index (χ0v) is 16.4. The number of nitrogens with one attached hydrogen (secondary N) is 3. The van der Waals surface area contributed by atoms with Gasteiger partial charge in [0.15, 0.2) is 0 Å². The summed E-state index contributed by atoms with van der Waals surface area (Å²) < 4.78 is 31.2. The molecule has 2 unspecified atom stereocenters. The molecule has 4 rings (SSSR count). The van der Waals surface area contributed by atoms with Crippen LogP contribution in [-0.2, 0) is 16.6 Å². The largest absolute Gasteiger partial charge is 0.493 e. The molecule has 2 aliphatic rings. The van der Waals surface area contributed by atoms with Crippen molar-refractivity contribution in [3.8, 4) is 5.75 Å². The molecular weight excluding hydrogens is 378 g/mol. The minimum Gasteiger partial charge on any atom is -0.493 e. The summed E-state index contributed by atoms with van der Waals surface area (Å²) in [5.74, 6) is 1.22. The molecule has 0 aliphatic carbocycles.